The fraction of sp³-hybridized carbons (Fsp3) is 0.538. The van der Waals surface area contributed by atoms with E-state index < -0.39 is 0 Å². The fourth-order valence-electron chi connectivity index (χ4n) is 2.11. The molecule has 1 aliphatic rings. The summed E-state index contributed by atoms with van der Waals surface area (Å²) in [7, 11) is 0. The Bertz CT molecular complexity index is 606. The molecule has 18 heavy (non-hydrogen) atoms. The number of hydrogen-bond donors (Lipinski definition) is 1. The van der Waals surface area contributed by atoms with Gasteiger partial charge < -0.3 is 5.32 Å². The smallest absolute Gasteiger partial charge is 0.225 e. The van der Waals surface area contributed by atoms with Gasteiger partial charge in [-0.15, -0.1) is 11.3 Å². The minimum atomic E-state index is 0.327. The SMILES string of the molecule is CCc1cc2c(NC3CC3(C)C)nc(Cl)nc2s1. The number of aromatic nitrogens is 2. The maximum Gasteiger partial charge on any atom is 0.225 e. The second-order valence-electron chi connectivity index (χ2n) is 5.52. The first kappa shape index (κ1) is 12.2. The zero-order valence-corrected chi connectivity index (χ0v) is 12.3. The summed E-state index contributed by atoms with van der Waals surface area (Å²) >= 11 is 7.69. The first-order chi connectivity index (χ1) is 8.49. The largest absolute Gasteiger partial charge is 0.366 e. The number of thiophene rings is 1. The molecule has 2 aromatic heterocycles. The molecule has 2 heterocycles. The molecule has 0 amide bonds. The molecule has 1 N–H and O–H groups in total. The van der Waals surface area contributed by atoms with Crippen LogP contribution in [0.3, 0.4) is 0 Å². The third-order valence-corrected chi connectivity index (χ3v) is 4.93. The zero-order valence-electron chi connectivity index (χ0n) is 10.7. The van der Waals surface area contributed by atoms with E-state index in [1.165, 1.54) is 11.3 Å². The van der Waals surface area contributed by atoms with Gasteiger partial charge in [0, 0.05) is 10.9 Å². The Morgan fingerprint density at radius 2 is 2.22 bits per heavy atom. The van der Waals surface area contributed by atoms with Gasteiger partial charge in [0.15, 0.2) is 0 Å². The molecule has 0 radical (unpaired) electrons. The molecule has 5 heteroatoms. The highest BCUT2D eigenvalue weighted by Gasteiger charge is 2.46. The van der Waals surface area contributed by atoms with Crippen molar-refractivity contribution < 1.29 is 0 Å². The second-order valence-corrected chi connectivity index (χ2v) is 6.97. The average Bonchev–Trinajstić information content (AvgIpc) is 2.74. The molecule has 1 unspecified atom stereocenters. The van der Waals surface area contributed by atoms with Crippen LogP contribution in [0.5, 0.6) is 0 Å². The molecular formula is C13H16ClN3S. The Labute approximate surface area is 116 Å². The molecule has 0 spiro atoms. The van der Waals surface area contributed by atoms with E-state index in [1.54, 1.807) is 11.3 Å². The molecular weight excluding hydrogens is 266 g/mol. The van der Waals surface area contributed by atoms with Gasteiger partial charge >= 0.3 is 0 Å². The van der Waals surface area contributed by atoms with E-state index in [0.717, 1.165) is 22.5 Å². The maximum absolute atomic E-state index is 6.00. The number of rotatable bonds is 3. The van der Waals surface area contributed by atoms with Crippen molar-refractivity contribution in [3.05, 3.63) is 16.2 Å². The summed E-state index contributed by atoms with van der Waals surface area (Å²) < 4.78 is 0. The van der Waals surface area contributed by atoms with Crippen LogP contribution in [0.2, 0.25) is 5.28 Å². The second kappa shape index (κ2) is 4.07. The van der Waals surface area contributed by atoms with Crippen LogP contribution in [-0.2, 0) is 6.42 Å². The van der Waals surface area contributed by atoms with Crippen molar-refractivity contribution in [1.82, 2.24) is 9.97 Å². The van der Waals surface area contributed by atoms with Gasteiger partial charge in [-0.05, 0) is 35.9 Å². The molecule has 96 valence electrons. The van der Waals surface area contributed by atoms with Gasteiger partial charge in [-0.1, -0.05) is 20.8 Å². The molecule has 0 bridgehead atoms. The molecule has 1 atom stereocenters. The molecule has 3 nitrogen and oxygen atoms in total. The highest BCUT2D eigenvalue weighted by atomic mass is 35.5. The molecule has 3 rings (SSSR count). The Balaban J connectivity index is 2.01. The highest BCUT2D eigenvalue weighted by molar-refractivity contribution is 7.18. The lowest BCUT2D eigenvalue weighted by Crippen LogP contribution is -2.10. The lowest BCUT2D eigenvalue weighted by Gasteiger charge is -2.08. The van der Waals surface area contributed by atoms with Gasteiger partial charge in [-0.2, -0.15) is 0 Å². The monoisotopic (exact) mass is 281 g/mol. The third kappa shape index (κ3) is 2.08. The minimum absolute atomic E-state index is 0.327. The zero-order chi connectivity index (χ0) is 12.9. The summed E-state index contributed by atoms with van der Waals surface area (Å²) in [6.07, 6.45) is 2.20. The lowest BCUT2D eigenvalue weighted by atomic mass is 10.2. The number of nitrogens with zero attached hydrogens (tertiary/aromatic N) is 2. The summed E-state index contributed by atoms with van der Waals surface area (Å²) in [4.78, 5) is 10.9. The van der Waals surface area contributed by atoms with E-state index in [2.05, 4.69) is 42.1 Å². The van der Waals surface area contributed by atoms with E-state index >= 15 is 0 Å². The summed E-state index contributed by atoms with van der Waals surface area (Å²) in [5.41, 5.74) is 0.368. The van der Waals surface area contributed by atoms with Crippen LogP contribution in [-0.4, -0.2) is 16.0 Å². The van der Waals surface area contributed by atoms with Crippen LogP contribution in [0.25, 0.3) is 10.2 Å². The van der Waals surface area contributed by atoms with Crippen molar-refractivity contribution in [2.45, 2.75) is 39.7 Å². The first-order valence-corrected chi connectivity index (χ1v) is 7.41. The third-order valence-electron chi connectivity index (χ3n) is 3.59. The first-order valence-electron chi connectivity index (χ1n) is 6.22. The molecule has 0 aromatic carbocycles. The summed E-state index contributed by atoms with van der Waals surface area (Å²) in [6, 6.07) is 2.67. The van der Waals surface area contributed by atoms with Crippen LogP contribution in [0.1, 0.15) is 32.1 Å². The standard InChI is InChI=1S/C13H16ClN3S/c1-4-7-5-8-10(15-9-6-13(9,2)3)16-12(14)17-11(8)18-7/h5,9H,4,6H2,1-3H3,(H,15,16,17). The van der Waals surface area contributed by atoms with E-state index in [9.17, 15) is 0 Å². The van der Waals surface area contributed by atoms with Crippen LogP contribution in [0.15, 0.2) is 6.07 Å². The molecule has 0 saturated heterocycles. The minimum Gasteiger partial charge on any atom is -0.366 e. The number of fused-ring (bicyclic) bond motifs is 1. The summed E-state index contributed by atoms with van der Waals surface area (Å²) in [5, 5.41) is 4.93. The van der Waals surface area contributed by atoms with Crippen LogP contribution in [0, 0.1) is 5.41 Å². The Morgan fingerprint density at radius 1 is 1.50 bits per heavy atom. The van der Waals surface area contributed by atoms with Crippen molar-refractivity contribution >= 4 is 39.0 Å². The van der Waals surface area contributed by atoms with Crippen LogP contribution >= 0.6 is 22.9 Å². The maximum atomic E-state index is 6.00. The number of nitrogens with one attached hydrogen (secondary N) is 1. The Kier molecular flexibility index (Phi) is 2.75. The van der Waals surface area contributed by atoms with E-state index in [0.29, 0.717) is 16.7 Å². The van der Waals surface area contributed by atoms with Gasteiger partial charge in [-0.25, -0.2) is 9.97 Å². The summed E-state index contributed by atoms with van der Waals surface area (Å²) in [5.74, 6) is 0.886. The number of halogens is 1. The van der Waals surface area contributed by atoms with Gasteiger partial charge in [-0.3, -0.25) is 0 Å². The average molecular weight is 282 g/mol. The fourth-order valence-corrected chi connectivity index (χ4v) is 3.29. The van der Waals surface area contributed by atoms with Crippen molar-refractivity contribution in [3.8, 4) is 0 Å². The van der Waals surface area contributed by atoms with Crippen molar-refractivity contribution in [3.63, 3.8) is 0 Å². The summed E-state index contributed by atoms with van der Waals surface area (Å²) in [6.45, 7) is 6.67. The van der Waals surface area contributed by atoms with Crippen molar-refractivity contribution in [2.75, 3.05) is 5.32 Å². The topological polar surface area (TPSA) is 37.8 Å². The number of hydrogen-bond acceptors (Lipinski definition) is 4. The predicted molar refractivity (Wildman–Crippen MR) is 77.6 cm³/mol. The van der Waals surface area contributed by atoms with Gasteiger partial charge in [0.2, 0.25) is 5.28 Å². The van der Waals surface area contributed by atoms with Crippen LogP contribution < -0.4 is 5.32 Å². The molecule has 1 fully saturated rings. The van der Waals surface area contributed by atoms with Crippen molar-refractivity contribution in [2.24, 2.45) is 5.41 Å². The van der Waals surface area contributed by atoms with Gasteiger partial charge in [0.1, 0.15) is 10.6 Å². The van der Waals surface area contributed by atoms with Gasteiger partial charge in [0.05, 0.1) is 5.39 Å². The van der Waals surface area contributed by atoms with Gasteiger partial charge in [0.25, 0.3) is 0 Å². The van der Waals surface area contributed by atoms with E-state index in [4.69, 9.17) is 11.6 Å². The predicted octanol–water partition coefficient (Wildman–Crippen LogP) is 4.12. The molecule has 1 aliphatic carbocycles. The number of aryl methyl sites for hydroxylation is 1. The molecule has 2 aromatic rings. The van der Waals surface area contributed by atoms with Crippen LogP contribution in [0.4, 0.5) is 5.82 Å². The van der Waals surface area contributed by atoms with E-state index in [1.807, 2.05) is 0 Å². The molecule has 0 aliphatic heterocycles. The Hall–Kier alpha value is -0.870. The number of anilines is 1. The lowest BCUT2D eigenvalue weighted by molar-refractivity contribution is 0.630. The highest BCUT2D eigenvalue weighted by Crippen LogP contribution is 2.47. The van der Waals surface area contributed by atoms with Crippen molar-refractivity contribution in [1.29, 1.82) is 0 Å². The van der Waals surface area contributed by atoms with E-state index in [-0.39, 0.29) is 0 Å². The Morgan fingerprint density at radius 3 is 2.83 bits per heavy atom. The molecule has 1 saturated carbocycles. The quantitative estimate of drug-likeness (QED) is 0.860. The normalized spacial score (nSPS) is 21.2.